The zero-order valence-corrected chi connectivity index (χ0v) is 6.68. The van der Waals surface area contributed by atoms with Crippen LogP contribution in [0.3, 0.4) is 0 Å². The molecule has 0 aliphatic carbocycles. The maximum absolute atomic E-state index is 5.32. The molecule has 1 rings (SSSR count). The molecule has 1 heterocycles. The molecule has 0 fully saturated rings. The van der Waals surface area contributed by atoms with Gasteiger partial charge in [0.1, 0.15) is 0 Å². The molecular weight excluding hydrogens is 146 g/mol. The zero-order chi connectivity index (χ0) is 7.98. The SMILES string of the molecule is CS.Nc1cncc(N)c1. The van der Waals surface area contributed by atoms with Gasteiger partial charge < -0.3 is 11.5 Å². The molecule has 4 N–H and O–H groups in total. The second kappa shape index (κ2) is 4.93. The number of pyridine rings is 1. The summed E-state index contributed by atoms with van der Waals surface area (Å²) < 4.78 is 0. The second-order valence-electron chi connectivity index (χ2n) is 1.55. The maximum atomic E-state index is 5.32. The van der Waals surface area contributed by atoms with Gasteiger partial charge >= 0.3 is 0 Å². The average Bonchev–Trinajstić information content (AvgIpc) is 1.91. The molecule has 56 valence electrons. The largest absolute Gasteiger partial charge is 0.397 e. The Balaban J connectivity index is 0.000000371. The minimum atomic E-state index is 0.602. The van der Waals surface area contributed by atoms with Crippen molar-refractivity contribution < 1.29 is 0 Å². The van der Waals surface area contributed by atoms with E-state index in [0.717, 1.165) is 0 Å². The molecule has 0 spiro atoms. The Bertz CT molecular complexity index is 173. The molecular formula is C6H11N3S. The molecule has 1 aromatic rings. The predicted octanol–water partition coefficient (Wildman–Crippen LogP) is 0.792. The quantitative estimate of drug-likeness (QED) is 0.488. The van der Waals surface area contributed by atoms with Crippen LogP contribution < -0.4 is 11.5 Å². The number of nitrogen functional groups attached to an aromatic ring is 2. The predicted molar refractivity (Wildman–Crippen MR) is 48.0 cm³/mol. The van der Waals surface area contributed by atoms with E-state index >= 15 is 0 Å². The van der Waals surface area contributed by atoms with E-state index in [2.05, 4.69) is 17.6 Å². The molecule has 0 amide bonds. The van der Waals surface area contributed by atoms with Gasteiger partial charge in [-0.15, -0.1) is 0 Å². The normalized spacial score (nSPS) is 7.80. The topological polar surface area (TPSA) is 64.9 Å². The third-order valence-corrected chi connectivity index (χ3v) is 0.781. The molecule has 0 saturated carbocycles. The van der Waals surface area contributed by atoms with Gasteiger partial charge in [0, 0.05) is 12.4 Å². The van der Waals surface area contributed by atoms with E-state index in [1.165, 1.54) is 0 Å². The molecule has 0 aliphatic rings. The third-order valence-electron chi connectivity index (χ3n) is 0.781. The van der Waals surface area contributed by atoms with Gasteiger partial charge in [-0.25, -0.2) is 0 Å². The van der Waals surface area contributed by atoms with Crippen molar-refractivity contribution in [3.05, 3.63) is 18.5 Å². The number of rotatable bonds is 0. The van der Waals surface area contributed by atoms with Crippen LogP contribution in [0.1, 0.15) is 0 Å². The van der Waals surface area contributed by atoms with Crippen LogP contribution in [0, 0.1) is 0 Å². The summed E-state index contributed by atoms with van der Waals surface area (Å²) in [4.78, 5) is 3.73. The Labute approximate surface area is 65.9 Å². The molecule has 0 aliphatic heterocycles. The fraction of sp³-hybridized carbons (Fsp3) is 0.167. The molecule has 10 heavy (non-hydrogen) atoms. The van der Waals surface area contributed by atoms with Crippen molar-refractivity contribution in [1.29, 1.82) is 0 Å². The summed E-state index contributed by atoms with van der Waals surface area (Å²) in [5, 5.41) is 0. The van der Waals surface area contributed by atoms with E-state index in [1.807, 2.05) is 0 Å². The van der Waals surface area contributed by atoms with Crippen molar-refractivity contribution in [1.82, 2.24) is 4.98 Å². The molecule has 0 atom stereocenters. The number of anilines is 2. The van der Waals surface area contributed by atoms with Gasteiger partial charge in [-0.05, 0) is 12.3 Å². The Morgan fingerprint density at radius 1 is 1.20 bits per heavy atom. The summed E-state index contributed by atoms with van der Waals surface area (Å²) in [5.74, 6) is 0. The van der Waals surface area contributed by atoms with Gasteiger partial charge in [-0.2, -0.15) is 12.6 Å². The lowest BCUT2D eigenvalue weighted by atomic mass is 10.4. The van der Waals surface area contributed by atoms with Gasteiger partial charge in [-0.1, -0.05) is 0 Å². The Morgan fingerprint density at radius 3 is 1.80 bits per heavy atom. The molecule has 1 aromatic heterocycles. The maximum Gasteiger partial charge on any atom is 0.0521 e. The van der Waals surface area contributed by atoms with E-state index in [9.17, 15) is 0 Å². The summed E-state index contributed by atoms with van der Waals surface area (Å²) in [6.07, 6.45) is 4.80. The highest BCUT2D eigenvalue weighted by atomic mass is 32.1. The van der Waals surface area contributed by atoms with E-state index in [1.54, 1.807) is 24.7 Å². The van der Waals surface area contributed by atoms with Crippen LogP contribution in [0.15, 0.2) is 18.5 Å². The van der Waals surface area contributed by atoms with Crippen molar-refractivity contribution in [2.45, 2.75) is 0 Å². The summed E-state index contributed by atoms with van der Waals surface area (Å²) in [5.41, 5.74) is 11.8. The van der Waals surface area contributed by atoms with E-state index < -0.39 is 0 Å². The lowest BCUT2D eigenvalue weighted by Gasteiger charge is -1.90. The highest BCUT2D eigenvalue weighted by Gasteiger charge is 1.82. The Morgan fingerprint density at radius 2 is 1.60 bits per heavy atom. The highest BCUT2D eigenvalue weighted by Crippen LogP contribution is 2.02. The van der Waals surface area contributed by atoms with Crippen molar-refractivity contribution in [3.63, 3.8) is 0 Å². The lowest BCUT2D eigenvalue weighted by molar-refractivity contribution is 1.34. The fourth-order valence-electron chi connectivity index (χ4n) is 0.476. The summed E-state index contributed by atoms with van der Waals surface area (Å²) in [6.45, 7) is 0. The highest BCUT2D eigenvalue weighted by molar-refractivity contribution is 7.79. The van der Waals surface area contributed by atoms with E-state index in [4.69, 9.17) is 11.5 Å². The minimum absolute atomic E-state index is 0.602. The van der Waals surface area contributed by atoms with Crippen LogP contribution in [0.2, 0.25) is 0 Å². The summed E-state index contributed by atoms with van der Waals surface area (Å²) in [7, 11) is 0. The van der Waals surface area contributed by atoms with Gasteiger partial charge in [-0.3, -0.25) is 4.98 Å². The lowest BCUT2D eigenvalue weighted by Crippen LogP contribution is -1.89. The van der Waals surface area contributed by atoms with Crippen LogP contribution in [0.25, 0.3) is 0 Å². The van der Waals surface area contributed by atoms with Gasteiger partial charge in [0.05, 0.1) is 11.4 Å². The number of thiol groups is 1. The number of aromatic nitrogens is 1. The van der Waals surface area contributed by atoms with Crippen LogP contribution in [0.5, 0.6) is 0 Å². The zero-order valence-electron chi connectivity index (χ0n) is 5.78. The Kier molecular flexibility index (Phi) is 4.49. The first-order valence-electron chi connectivity index (χ1n) is 2.70. The molecule has 0 unspecified atom stereocenters. The van der Waals surface area contributed by atoms with Crippen molar-refractivity contribution in [2.75, 3.05) is 17.7 Å². The van der Waals surface area contributed by atoms with Crippen molar-refractivity contribution >= 4 is 24.0 Å². The first-order chi connectivity index (χ1) is 4.79. The number of hydrogen-bond donors (Lipinski definition) is 3. The van der Waals surface area contributed by atoms with Crippen LogP contribution in [-0.4, -0.2) is 11.2 Å². The number of nitrogens with zero attached hydrogens (tertiary/aromatic N) is 1. The van der Waals surface area contributed by atoms with Crippen molar-refractivity contribution in [2.24, 2.45) is 0 Å². The first-order valence-corrected chi connectivity index (χ1v) is 3.59. The average molecular weight is 157 g/mol. The third kappa shape index (κ3) is 3.19. The van der Waals surface area contributed by atoms with Gasteiger partial charge in [0.15, 0.2) is 0 Å². The van der Waals surface area contributed by atoms with E-state index in [-0.39, 0.29) is 0 Å². The van der Waals surface area contributed by atoms with Crippen LogP contribution >= 0.6 is 12.6 Å². The summed E-state index contributed by atoms with van der Waals surface area (Å²) >= 11 is 3.53. The fourth-order valence-corrected chi connectivity index (χ4v) is 0.476. The molecule has 0 aromatic carbocycles. The second-order valence-corrected chi connectivity index (χ2v) is 1.55. The standard InChI is InChI=1S/C5H7N3.CH4S/c6-4-1-5(7)3-8-2-4;1-2/h1-3H,6-7H2;2H,1H3. The first kappa shape index (κ1) is 9.10. The van der Waals surface area contributed by atoms with Gasteiger partial charge in [0.2, 0.25) is 0 Å². The van der Waals surface area contributed by atoms with Gasteiger partial charge in [0.25, 0.3) is 0 Å². The molecule has 0 radical (unpaired) electrons. The minimum Gasteiger partial charge on any atom is -0.397 e. The number of hydrogen-bond acceptors (Lipinski definition) is 4. The van der Waals surface area contributed by atoms with Crippen molar-refractivity contribution in [3.8, 4) is 0 Å². The van der Waals surface area contributed by atoms with E-state index in [0.29, 0.717) is 11.4 Å². The number of nitrogens with two attached hydrogens (primary N) is 2. The monoisotopic (exact) mass is 157 g/mol. The Hall–Kier alpha value is -0.900. The molecule has 0 bridgehead atoms. The smallest absolute Gasteiger partial charge is 0.0521 e. The van der Waals surface area contributed by atoms with Crippen LogP contribution in [0.4, 0.5) is 11.4 Å². The summed E-state index contributed by atoms with van der Waals surface area (Å²) in [6, 6.07) is 1.66. The molecule has 4 heteroatoms. The molecule has 3 nitrogen and oxygen atoms in total. The van der Waals surface area contributed by atoms with Crippen LogP contribution in [-0.2, 0) is 0 Å². The molecule has 0 saturated heterocycles.